The first kappa shape index (κ1) is 27.3. The zero-order valence-electron chi connectivity index (χ0n) is 19.4. The first-order chi connectivity index (χ1) is 15.9. The second-order valence-corrected chi connectivity index (χ2v) is 10.5. The summed E-state index contributed by atoms with van der Waals surface area (Å²) in [6.07, 6.45) is -4.59. The molecule has 0 aliphatic carbocycles. The summed E-state index contributed by atoms with van der Waals surface area (Å²) in [5.74, 6) is -0.179. The number of rotatable bonds is 11. The summed E-state index contributed by atoms with van der Waals surface area (Å²) in [5, 5.41) is 9.58. The van der Waals surface area contributed by atoms with Crippen LogP contribution in [0.15, 0.2) is 59.9 Å². The Kier molecular flexibility index (Phi) is 9.21. The third-order valence-electron chi connectivity index (χ3n) is 5.06. The van der Waals surface area contributed by atoms with Gasteiger partial charge < -0.3 is 19.1 Å². The van der Waals surface area contributed by atoms with Crippen LogP contribution in [0, 0.1) is 0 Å². The highest BCUT2D eigenvalue weighted by Crippen LogP contribution is 2.49. The van der Waals surface area contributed by atoms with Crippen LogP contribution in [0.4, 0.5) is 13.2 Å². The quantitative estimate of drug-likeness (QED) is 0.197. The summed E-state index contributed by atoms with van der Waals surface area (Å²) in [5.41, 5.74) is -0.788. The van der Waals surface area contributed by atoms with Gasteiger partial charge in [-0.3, -0.25) is 4.57 Å². The van der Waals surface area contributed by atoms with Crippen LogP contribution < -0.4 is 9.47 Å². The molecular weight excluding hydrogens is 472 g/mol. The molecule has 2 aromatic carbocycles. The topological polar surface area (TPSA) is 82.1 Å². The Labute approximate surface area is 196 Å². The van der Waals surface area contributed by atoms with Gasteiger partial charge in [0.15, 0.2) is 11.9 Å². The summed E-state index contributed by atoms with van der Waals surface area (Å²) in [7, 11) is -3.06. The Bertz CT molecular complexity index is 1040. The van der Waals surface area contributed by atoms with E-state index in [-0.39, 0.29) is 35.8 Å². The van der Waals surface area contributed by atoms with Gasteiger partial charge in [-0.05, 0) is 61.9 Å². The molecule has 186 valence electrons. The van der Waals surface area contributed by atoms with Gasteiger partial charge in [0, 0.05) is 12.3 Å². The van der Waals surface area contributed by atoms with E-state index >= 15 is 0 Å². The number of carboxylic acid groups (broad SMARTS) is 1. The van der Waals surface area contributed by atoms with Gasteiger partial charge in [0.2, 0.25) is 7.37 Å². The third kappa shape index (κ3) is 7.29. The lowest BCUT2D eigenvalue weighted by Crippen LogP contribution is -2.21. The number of hydrogen-bond donors (Lipinski definition) is 1. The normalized spacial score (nSPS) is 13.6. The highest BCUT2D eigenvalue weighted by atomic mass is 31.2. The van der Waals surface area contributed by atoms with Gasteiger partial charge in [-0.25, -0.2) is 4.79 Å². The molecule has 0 radical (unpaired) electrons. The average Bonchev–Trinajstić information content (AvgIpc) is 2.79. The maximum atomic E-state index is 12.9. The minimum Gasteiger partial charge on any atom is -0.483 e. The Balaban J connectivity index is 2.18. The first-order valence-corrected chi connectivity index (χ1v) is 12.8. The van der Waals surface area contributed by atoms with Crippen molar-refractivity contribution in [2.24, 2.45) is 0 Å². The maximum Gasteiger partial charge on any atom is 0.416 e. The highest BCUT2D eigenvalue weighted by Gasteiger charge is 2.30. The first-order valence-electron chi connectivity index (χ1n) is 10.8. The van der Waals surface area contributed by atoms with E-state index in [1.165, 1.54) is 12.1 Å². The van der Waals surface area contributed by atoms with Gasteiger partial charge in [-0.2, -0.15) is 13.2 Å². The lowest BCUT2D eigenvalue weighted by atomic mass is 10.1. The van der Waals surface area contributed by atoms with Gasteiger partial charge >= 0.3 is 12.1 Å². The Hall–Kier alpha value is -2.93. The summed E-state index contributed by atoms with van der Waals surface area (Å²) in [4.78, 5) is 11.7. The second-order valence-electron chi connectivity index (χ2n) is 7.40. The third-order valence-corrected chi connectivity index (χ3v) is 7.52. The standard InChI is InChI=1S/C24H28F3O6P/c1-5-21(23(28)29)22(33-34(30,6-2)7-3)16(4)31-18-12-14-20(15-13-18)32-19-10-8-17(9-11-19)24(25,26)27/h8-16H,5-7H2,1-4H3,(H,28,29). The molecule has 6 nitrogen and oxygen atoms in total. The molecule has 2 rings (SSSR count). The zero-order chi connectivity index (χ0) is 25.5. The fourth-order valence-electron chi connectivity index (χ4n) is 3.03. The van der Waals surface area contributed by atoms with Gasteiger partial charge in [0.05, 0.1) is 11.1 Å². The summed E-state index contributed by atoms with van der Waals surface area (Å²) < 4.78 is 68.1. The van der Waals surface area contributed by atoms with E-state index in [0.717, 1.165) is 12.1 Å². The van der Waals surface area contributed by atoms with Crippen molar-refractivity contribution < 1.29 is 41.6 Å². The molecule has 0 amide bonds. The molecule has 0 fully saturated rings. The van der Waals surface area contributed by atoms with Crippen LogP contribution in [0.3, 0.4) is 0 Å². The average molecular weight is 500 g/mol. The van der Waals surface area contributed by atoms with Crippen molar-refractivity contribution in [1.82, 2.24) is 0 Å². The van der Waals surface area contributed by atoms with Gasteiger partial charge in [0.1, 0.15) is 17.2 Å². The zero-order valence-corrected chi connectivity index (χ0v) is 20.3. The van der Waals surface area contributed by atoms with Crippen LogP contribution in [0.5, 0.6) is 17.2 Å². The van der Waals surface area contributed by atoms with Crippen LogP contribution in [0.2, 0.25) is 0 Å². The molecular formula is C24H28F3O6P. The van der Waals surface area contributed by atoms with Crippen LogP contribution in [-0.2, 0) is 20.1 Å². The summed E-state index contributed by atoms with van der Waals surface area (Å²) in [6, 6.07) is 10.6. The SMILES string of the molecule is CCC(C(=O)O)=C(OP(=O)(CC)CC)C(C)Oc1ccc(Oc2ccc(C(F)(F)F)cc2)cc1. The van der Waals surface area contributed by atoms with Crippen molar-refractivity contribution in [2.45, 2.75) is 46.4 Å². The Morgan fingerprint density at radius 3 is 1.82 bits per heavy atom. The number of carbonyl (C=O) groups is 1. The molecule has 0 saturated heterocycles. The van der Waals surface area contributed by atoms with E-state index in [4.69, 9.17) is 14.0 Å². The molecule has 1 unspecified atom stereocenters. The smallest absolute Gasteiger partial charge is 0.416 e. The lowest BCUT2D eigenvalue weighted by molar-refractivity contribution is -0.137. The van der Waals surface area contributed by atoms with Gasteiger partial charge in [-0.15, -0.1) is 0 Å². The molecule has 1 atom stereocenters. The van der Waals surface area contributed by atoms with Crippen molar-refractivity contribution in [3.8, 4) is 17.2 Å². The number of benzene rings is 2. The molecule has 0 spiro atoms. The molecule has 1 N–H and O–H groups in total. The van der Waals surface area contributed by atoms with Crippen LogP contribution in [0.25, 0.3) is 0 Å². The molecule has 2 aromatic rings. The monoisotopic (exact) mass is 500 g/mol. The molecule has 0 heterocycles. The van der Waals surface area contributed by atoms with E-state index in [1.54, 1.807) is 52.0 Å². The number of ether oxygens (including phenoxy) is 2. The molecule has 0 aliphatic heterocycles. The number of halogens is 3. The number of aliphatic carboxylic acids is 1. The van der Waals surface area contributed by atoms with Crippen molar-refractivity contribution in [3.63, 3.8) is 0 Å². The van der Waals surface area contributed by atoms with E-state index < -0.39 is 31.2 Å². The number of alkyl halides is 3. The minimum absolute atomic E-state index is 0.0168. The van der Waals surface area contributed by atoms with Crippen molar-refractivity contribution in [3.05, 3.63) is 65.4 Å². The molecule has 0 aromatic heterocycles. The Morgan fingerprint density at radius 1 is 0.941 bits per heavy atom. The minimum atomic E-state index is -4.43. The molecule has 10 heteroatoms. The predicted molar refractivity (Wildman–Crippen MR) is 123 cm³/mol. The van der Waals surface area contributed by atoms with Gasteiger partial charge in [-0.1, -0.05) is 20.8 Å². The van der Waals surface area contributed by atoms with E-state index in [9.17, 15) is 27.6 Å². The van der Waals surface area contributed by atoms with Crippen LogP contribution in [0.1, 0.15) is 39.7 Å². The van der Waals surface area contributed by atoms with Crippen LogP contribution >= 0.6 is 7.37 Å². The molecule has 34 heavy (non-hydrogen) atoms. The maximum absolute atomic E-state index is 12.9. The fourth-order valence-corrected chi connectivity index (χ4v) is 4.35. The summed E-state index contributed by atoms with van der Waals surface area (Å²) in [6.45, 7) is 6.70. The number of hydrogen-bond acceptors (Lipinski definition) is 5. The second kappa shape index (κ2) is 11.5. The Morgan fingerprint density at radius 2 is 1.41 bits per heavy atom. The predicted octanol–water partition coefficient (Wildman–Crippen LogP) is 7.35. The van der Waals surface area contributed by atoms with E-state index in [1.807, 2.05) is 0 Å². The molecule has 0 saturated carbocycles. The largest absolute Gasteiger partial charge is 0.483 e. The van der Waals surface area contributed by atoms with E-state index in [0.29, 0.717) is 11.5 Å². The van der Waals surface area contributed by atoms with Crippen LogP contribution in [-0.4, -0.2) is 29.5 Å². The highest BCUT2D eigenvalue weighted by molar-refractivity contribution is 7.59. The molecule has 0 aliphatic rings. The van der Waals surface area contributed by atoms with Crippen molar-refractivity contribution >= 4 is 13.3 Å². The number of carboxylic acids is 1. The lowest BCUT2D eigenvalue weighted by Gasteiger charge is -2.25. The summed E-state index contributed by atoms with van der Waals surface area (Å²) >= 11 is 0. The van der Waals surface area contributed by atoms with Gasteiger partial charge in [0.25, 0.3) is 0 Å². The van der Waals surface area contributed by atoms with Crippen molar-refractivity contribution in [1.29, 1.82) is 0 Å². The molecule has 0 bridgehead atoms. The van der Waals surface area contributed by atoms with Crippen molar-refractivity contribution in [2.75, 3.05) is 12.3 Å². The van der Waals surface area contributed by atoms with E-state index in [2.05, 4.69) is 0 Å². The fraction of sp³-hybridized carbons (Fsp3) is 0.375.